The van der Waals surface area contributed by atoms with E-state index in [4.69, 9.17) is 4.74 Å². The molecule has 2 aliphatic rings. The van der Waals surface area contributed by atoms with Crippen LogP contribution in [0.25, 0.3) is 0 Å². The van der Waals surface area contributed by atoms with Crippen LogP contribution in [0, 0.1) is 17.3 Å². The van der Waals surface area contributed by atoms with Gasteiger partial charge >= 0.3 is 0 Å². The predicted molar refractivity (Wildman–Crippen MR) is 62.9 cm³/mol. The second-order valence-electron chi connectivity index (χ2n) is 5.64. The Morgan fingerprint density at radius 2 is 1.80 bits per heavy atom. The highest BCUT2D eigenvalue weighted by Gasteiger charge is 2.37. The lowest BCUT2D eigenvalue weighted by atomic mass is 9.65. The Balaban J connectivity index is 1.94. The molecule has 2 nitrogen and oxygen atoms in total. The van der Waals surface area contributed by atoms with E-state index in [1.807, 2.05) is 0 Å². The fourth-order valence-corrected chi connectivity index (χ4v) is 3.21. The molecule has 2 rings (SSSR count). The van der Waals surface area contributed by atoms with Crippen molar-refractivity contribution in [2.45, 2.75) is 39.5 Å². The van der Waals surface area contributed by atoms with E-state index in [1.54, 1.807) is 0 Å². The number of hydrogen-bond donors (Lipinski definition) is 1. The number of piperidine rings is 1. The molecule has 2 aliphatic heterocycles. The van der Waals surface area contributed by atoms with Gasteiger partial charge in [-0.2, -0.15) is 0 Å². The van der Waals surface area contributed by atoms with Gasteiger partial charge in [-0.3, -0.25) is 0 Å². The van der Waals surface area contributed by atoms with E-state index >= 15 is 0 Å². The summed E-state index contributed by atoms with van der Waals surface area (Å²) < 4.78 is 5.49. The van der Waals surface area contributed by atoms with Crippen molar-refractivity contribution in [1.82, 2.24) is 5.32 Å². The Labute approximate surface area is 93.8 Å². The molecular weight excluding hydrogens is 186 g/mol. The molecule has 0 aliphatic carbocycles. The standard InChI is InChI=1S/C13H25NO/c1-11(12-3-7-14-8-4-12)13(2)5-9-15-10-6-13/h11-12,14H,3-10H2,1-2H3. The summed E-state index contributed by atoms with van der Waals surface area (Å²) in [5.74, 6) is 1.80. The molecule has 0 aromatic rings. The first kappa shape index (κ1) is 11.4. The smallest absolute Gasteiger partial charge is 0.0471 e. The first-order valence-electron chi connectivity index (χ1n) is 6.51. The minimum Gasteiger partial charge on any atom is -0.381 e. The molecule has 1 unspecified atom stereocenters. The summed E-state index contributed by atoms with van der Waals surface area (Å²) >= 11 is 0. The van der Waals surface area contributed by atoms with Crippen LogP contribution in [-0.4, -0.2) is 26.3 Å². The van der Waals surface area contributed by atoms with Crippen LogP contribution < -0.4 is 5.32 Å². The van der Waals surface area contributed by atoms with Gasteiger partial charge in [0.25, 0.3) is 0 Å². The van der Waals surface area contributed by atoms with E-state index in [1.165, 1.54) is 38.8 Å². The third-order valence-corrected chi connectivity index (χ3v) is 4.83. The third-order valence-electron chi connectivity index (χ3n) is 4.83. The van der Waals surface area contributed by atoms with Crippen LogP contribution in [0.5, 0.6) is 0 Å². The molecule has 2 fully saturated rings. The largest absolute Gasteiger partial charge is 0.381 e. The molecule has 0 bridgehead atoms. The quantitative estimate of drug-likeness (QED) is 0.757. The molecule has 2 saturated heterocycles. The lowest BCUT2D eigenvalue weighted by molar-refractivity contribution is -0.0228. The third kappa shape index (κ3) is 2.54. The average Bonchev–Trinajstić information content (AvgIpc) is 2.30. The molecule has 2 heterocycles. The van der Waals surface area contributed by atoms with Gasteiger partial charge in [-0.25, -0.2) is 0 Å². The Hall–Kier alpha value is -0.0800. The van der Waals surface area contributed by atoms with Crippen molar-refractivity contribution >= 4 is 0 Å². The van der Waals surface area contributed by atoms with Crippen LogP contribution in [0.3, 0.4) is 0 Å². The zero-order chi connectivity index (χ0) is 10.7. The average molecular weight is 211 g/mol. The molecular formula is C13H25NO. The number of rotatable bonds is 2. The van der Waals surface area contributed by atoms with E-state index in [2.05, 4.69) is 19.2 Å². The summed E-state index contributed by atoms with van der Waals surface area (Å²) in [6.07, 6.45) is 5.27. The number of hydrogen-bond acceptors (Lipinski definition) is 2. The minimum absolute atomic E-state index is 0.542. The van der Waals surface area contributed by atoms with Gasteiger partial charge in [-0.15, -0.1) is 0 Å². The number of nitrogens with one attached hydrogen (secondary N) is 1. The van der Waals surface area contributed by atoms with Crippen molar-refractivity contribution in [3.8, 4) is 0 Å². The zero-order valence-corrected chi connectivity index (χ0v) is 10.2. The van der Waals surface area contributed by atoms with E-state index in [9.17, 15) is 0 Å². The molecule has 88 valence electrons. The summed E-state index contributed by atoms with van der Waals surface area (Å²) in [5.41, 5.74) is 0.542. The summed E-state index contributed by atoms with van der Waals surface area (Å²) in [4.78, 5) is 0. The van der Waals surface area contributed by atoms with Crippen LogP contribution in [0.15, 0.2) is 0 Å². The molecule has 15 heavy (non-hydrogen) atoms. The normalized spacial score (nSPS) is 30.0. The summed E-state index contributed by atoms with van der Waals surface area (Å²) in [5, 5.41) is 3.46. The fourth-order valence-electron chi connectivity index (χ4n) is 3.21. The first-order chi connectivity index (χ1) is 7.22. The Bertz CT molecular complexity index is 193. The highest BCUT2D eigenvalue weighted by atomic mass is 16.5. The van der Waals surface area contributed by atoms with Crippen LogP contribution in [-0.2, 0) is 4.74 Å². The van der Waals surface area contributed by atoms with Crippen LogP contribution in [0.4, 0.5) is 0 Å². The topological polar surface area (TPSA) is 21.3 Å². The van der Waals surface area contributed by atoms with Gasteiger partial charge in [-0.05, 0) is 56.0 Å². The summed E-state index contributed by atoms with van der Waals surface area (Å²) in [6.45, 7) is 9.35. The minimum atomic E-state index is 0.542. The molecule has 0 spiro atoms. The summed E-state index contributed by atoms with van der Waals surface area (Å²) in [7, 11) is 0. The zero-order valence-electron chi connectivity index (χ0n) is 10.2. The molecule has 0 amide bonds. The van der Waals surface area contributed by atoms with Crippen molar-refractivity contribution < 1.29 is 4.74 Å². The van der Waals surface area contributed by atoms with E-state index in [0.717, 1.165) is 25.0 Å². The van der Waals surface area contributed by atoms with Crippen LogP contribution in [0.2, 0.25) is 0 Å². The second kappa shape index (κ2) is 4.84. The van der Waals surface area contributed by atoms with Crippen LogP contribution in [0.1, 0.15) is 39.5 Å². The number of ether oxygens (including phenoxy) is 1. The van der Waals surface area contributed by atoms with Gasteiger partial charge in [0.1, 0.15) is 0 Å². The molecule has 0 saturated carbocycles. The van der Waals surface area contributed by atoms with Gasteiger partial charge in [-0.1, -0.05) is 13.8 Å². The van der Waals surface area contributed by atoms with Crippen molar-refractivity contribution in [1.29, 1.82) is 0 Å². The fraction of sp³-hybridized carbons (Fsp3) is 1.00. The monoisotopic (exact) mass is 211 g/mol. The van der Waals surface area contributed by atoms with Crippen molar-refractivity contribution in [2.75, 3.05) is 26.3 Å². The molecule has 1 N–H and O–H groups in total. The van der Waals surface area contributed by atoms with E-state index in [-0.39, 0.29) is 0 Å². The van der Waals surface area contributed by atoms with Crippen molar-refractivity contribution in [3.63, 3.8) is 0 Å². The lowest BCUT2D eigenvalue weighted by Crippen LogP contribution is -2.40. The Kier molecular flexibility index (Phi) is 3.68. The van der Waals surface area contributed by atoms with Gasteiger partial charge < -0.3 is 10.1 Å². The predicted octanol–water partition coefficient (Wildman–Crippen LogP) is 2.44. The SMILES string of the molecule is CC(C1CCNCC1)C1(C)CCOCC1. The van der Waals surface area contributed by atoms with Crippen molar-refractivity contribution in [3.05, 3.63) is 0 Å². The first-order valence-corrected chi connectivity index (χ1v) is 6.51. The maximum Gasteiger partial charge on any atom is 0.0471 e. The molecule has 0 radical (unpaired) electrons. The molecule has 0 aromatic carbocycles. The Morgan fingerprint density at radius 3 is 2.40 bits per heavy atom. The molecule has 1 atom stereocenters. The van der Waals surface area contributed by atoms with Gasteiger partial charge in [0.05, 0.1) is 0 Å². The maximum atomic E-state index is 5.49. The van der Waals surface area contributed by atoms with E-state index in [0.29, 0.717) is 5.41 Å². The highest BCUT2D eigenvalue weighted by Crippen LogP contribution is 2.43. The van der Waals surface area contributed by atoms with Crippen molar-refractivity contribution in [2.24, 2.45) is 17.3 Å². The Morgan fingerprint density at radius 1 is 1.20 bits per heavy atom. The van der Waals surface area contributed by atoms with E-state index < -0.39 is 0 Å². The highest BCUT2D eigenvalue weighted by molar-refractivity contribution is 4.87. The second-order valence-corrected chi connectivity index (χ2v) is 5.64. The summed E-state index contributed by atoms with van der Waals surface area (Å²) in [6, 6.07) is 0. The molecule has 2 heteroatoms. The lowest BCUT2D eigenvalue weighted by Gasteiger charge is -2.44. The van der Waals surface area contributed by atoms with Crippen LogP contribution >= 0.6 is 0 Å². The van der Waals surface area contributed by atoms with Gasteiger partial charge in [0.15, 0.2) is 0 Å². The molecule has 0 aromatic heterocycles. The maximum absolute atomic E-state index is 5.49. The van der Waals surface area contributed by atoms with Gasteiger partial charge in [0.2, 0.25) is 0 Å². The van der Waals surface area contributed by atoms with Gasteiger partial charge in [0, 0.05) is 13.2 Å².